The fourth-order valence-electron chi connectivity index (χ4n) is 1.85. The molecular weight excluding hydrogens is 348 g/mol. The van der Waals surface area contributed by atoms with Gasteiger partial charge >= 0.3 is 12.1 Å². The maximum atomic E-state index is 12.3. The molecule has 0 aliphatic heterocycles. The Morgan fingerprint density at radius 3 is 2.67 bits per heavy atom. The number of aromatic amines is 1. The summed E-state index contributed by atoms with van der Waals surface area (Å²) < 4.78 is 5.67. The summed E-state index contributed by atoms with van der Waals surface area (Å²) in [5.74, 6) is 0.0948. The summed E-state index contributed by atoms with van der Waals surface area (Å²) in [6.45, 7) is 4.14. The highest BCUT2D eigenvalue weighted by atomic mass is 32.1. The molecule has 0 atom stereocenters. The first-order valence-electron chi connectivity index (χ1n) is 7.30. The molecule has 2 rings (SSSR count). The van der Waals surface area contributed by atoms with Crippen LogP contribution in [0.25, 0.3) is 0 Å². The van der Waals surface area contributed by atoms with Crippen LogP contribution in [0.1, 0.15) is 19.4 Å². The van der Waals surface area contributed by atoms with Crippen molar-refractivity contribution in [3.05, 3.63) is 39.8 Å². The van der Waals surface area contributed by atoms with Crippen LogP contribution < -0.4 is 5.32 Å². The van der Waals surface area contributed by atoms with Crippen LogP contribution in [-0.4, -0.2) is 33.8 Å². The molecule has 0 saturated heterocycles. The summed E-state index contributed by atoms with van der Waals surface area (Å²) in [5, 5.41) is 9.26. The van der Waals surface area contributed by atoms with E-state index in [1.807, 2.05) is 44.2 Å². The number of carbonyl (C=O) groups excluding carboxylic acids is 2. The van der Waals surface area contributed by atoms with Gasteiger partial charge in [-0.3, -0.25) is 10.4 Å². The van der Waals surface area contributed by atoms with E-state index < -0.39 is 12.1 Å². The van der Waals surface area contributed by atoms with Crippen molar-refractivity contribution in [3.8, 4) is 0 Å². The van der Waals surface area contributed by atoms with Gasteiger partial charge in [0.15, 0.2) is 3.95 Å². The highest BCUT2D eigenvalue weighted by Crippen LogP contribution is 2.13. The van der Waals surface area contributed by atoms with Crippen LogP contribution in [0.5, 0.6) is 0 Å². The summed E-state index contributed by atoms with van der Waals surface area (Å²) in [7, 11) is 0. The van der Waals surface area contributed by atoms with Crippen LogP contribution in [0.2, 0.25) is 0 Å². The Morgan fingerprint density at radius 2 is 2.08 bits per heavy atom. The largest absolute Gasteiger partial charge is 0.444 e. The van der Waals surface area contributed by atoms with E-state index in [4.69, 9.17) is 17.0 Å². The average molecular weight is 366 g/mol. The van der Waals surface area contributed by atoms with E-state index in [-0.39, 0.29) is 19.1 Å². The zero-order chi connectivity index (χ0) is 17.5. The number of urea groups is 1. The van der Waals surface area contributed by atoms with Gasteiger partial charge in [-0.15, -0.1) is 5.10 Å². The highest BCUT2D eigenvalue weighted by Gasteiger charge is 2.24. The number of hydrogen-bond donors (Lipinski definition) is 2. The topological polar surface area (TPSA) is 87.3 Å². The van der Waals surface area contributed by atoms with Crippen LogP contribution in [0.15, 0.2) is 30.3 Å². The van der Waals surface area contributed by atoms with Gasteiger partial charge < -0.3 is 4.74 Å². The van der Waals surface area contributed by atoms with Crippen molar-refractivity contribution in [1.82, 2.24) is 15.1 Å². The quantitative estimate of drug-likeness (QED) is 0.780. The van der Waals surface area contributed by atoms with Gasteiger partial charge in [-0.05, 0) is 23.7 Å². The number of anilines is 1. The molecule has 0 saturated carbocycles. The molecule has 2 aromatic rings. The molecule has 2 N–H and O–H groups in total. The minimum atomic E-state index is -0.704. The number of benzene rings is 1. The minimum absolute atomic E-state index is 0.0948. The number of nitrogens with zero attached hydrogens (tertiary/aromatic N) is 2. The van der Waals surface area contributed by atoms with E-state index in [1.54, 1.807) is 0 Å². The molecule has 0 fully saturated rings. The molecule has 7 nitrogen and oxygen atoms in total. The predicted octanol–water partition coefficient (Wildman–Crippen LogP) is 4.03. The second kappa shape index (κ2) is 8.55. The number of rotatable bonds is 5. The number of imide groups is 1. The second-order valence-corrected chi connectivity index (χ2v) is 7.06. The highest BCUT2D eigenvalue weighted by molar-refractivity contribution is 7.73. The molecule has 9 heteroatoms. The lowest BCUT2D eigenvalue weighted by atomic mass is 10.2. The SMILES string of the molecule is CC(C)CN(C(=O)Nc1n[nH]c(=S)s1)C(=O)OCc1ccccc1. The third kappa shape index (κ3) is 5.43. The summed E-state index contributed by atoms with van der Waals surface area (Å²) >= 11 is 6.02. The van der Waals surface area contributed by atoms with Crippen molar-refractivity contribution in [3.63, 3.8) is 0 Å². The fraction of sp³-hybridized carbons (Fsp3) is 0.333. The fourth-order valence-corrected chi connectivity index (χ4v) is 2.62. The molecule has 0 bridgehead atoms. The number of ether oxygens (including phenoxy) is 1. The zero-order valence-corrected chi connectivity index (χ0v) is 14.9. The zero-order valence-electron chi connectivity index (χ0n) is 13.3. The van der Waals surface area contributed by atoms with E-state index in [2.05, 4.69) is 15.5 Å². The maximum Gasteiger partial charge on any atom is 0.418 e. The Kier molecular flexibility index (Phi) is 6.44. The Balaban J connectivity index is 2.01. The molecular formula is C15H18N4O3S2. The normalized spacial score (nSPS) is 10.5. The van der Waals surface area contributed by atoms with Crippen molar-refractivity contribution in [2.75, 3.05) is 11.9 Å². The van der Waals surface area contributed by atoms with E-state index in [9.17, 15) is 9.59 Å². The second-order valence-electron chi connectivity index (χ2n) is 5.39. The van der Waals surface area contributed by atoms with Gasteiger partial charge in [-0.1, -0.05) is 55.5 Å². The molecule has 0 aliphatic rings. The lowest BCUT2D eigenvalue weighted by Crippen LogP contribution is -2.42. The molecule has 3 amide bonds. The summed E-state index contributed by atoms with van der Waals surface area (Å²) in [6.07, 6.45) is -0.704. The van der Waals surface area contributed by atoms with Crippen molar-refractivity contribution in [1.29, 1.82) is 0 Å². The van der Waals surface area contributed by atoms with Gasteiger partial charge in [0.2, 0.25) is 5.13 Å². The molecule has 1 aromatic carbocycles. The molecule has 0 spiro atoms. The van der Waals surface area contributed by atoms with Gasteiger partial charge in [0.1, 0.15) is 6.61 Å². The predicted molar refractivity (Wildman–Crippen MR) is 94.5 cm³/mol. The molecule has 0 aliphatic carbocycles. The molecule has 1 aromatic heterocycles. The van der Waals surface area contributed by atoms with Gasteiger partial charge in [0, 0.05) is 6.54 Å². The first kappa shape index (κ1) is 18.1. The van der Waals surface area contributed by atoms with Crippen LogP contribution in [0, 0.1) is 9.87 Å². The molecule has 1 heterocycles. The molecule has 128 valence electrons. The van der Waals surface area contributed by atoms with Gasteiger partial charge in [-0.2, -0.15) is 0 Å². The first-order valence-corrected chi connectivity index (χ1v) is 8.53. The number of H-pyrrole nitrogens is 1. The number of nitrogens with one attached hydrogen (secondary N) is 2. The third-order valence-corrected chi connectivity index (χ3v) is 3.88. The van der Waals surface area contributed by atoms with Crippen LogP contribution in [-0.2, 0) is 11.3 Å². The van der Waals surface area contributed by atoms with Gasteiger partial charge in [-0.25, -0.2) is 14.5 Å². The number of amides is 3. The first-order chi connectivity index (χ1) is 11.5. The van der Waals surface area contributed by atoms with Crippen molar-refractivity contribution >= 4 is 40.8 Å². The maximum absolute atomic E-state index is 12.3. The van der Waals surface area contributed by atoms with E-state index in [1.165, 1.54) is 0 Å². The standard InChI is InChI=1S/C15H18N4O3S2/c1-10(2)8-19(13(20)16-12-17-18-14(23)24-12)15(21)22-9-11-6-4-3-5-7-11/h3-7,10H,8-9H2,1-2H3,(H,18,23)(H,16,17,20). The monoisotopic (exact) mass is 366 g/mol. The summed E-state index contributed by atoms with van der Waals surface area (Å²) in [4.78, 5) is 25.7. The molecule has 0 unspecified atom stereocenters. The summed E-state index contributed by atoms with van der Waals surface area (Å²) in [6, 6.07) is 8.68. The molecule has 0 radical (unpaired) electrons. The van der Waals surface area contributed by atoms with Crippen LogP contribution in [0.4, 0.5) is 14.7 Å². The number of hydrogen-bond acceptors (Lipinski definition) is 6. The minimum Gasteiger partial charge on any atom is -0.444 e. The van der Waals surface area contributed by atoms with Crippen LogP contribution in [0.3, 0.4) is 0 Å². The lowest BCUT2D eigenvalue weighted by Gasteiger charge is -2.21. The summed E-state index contributed by atoms with van der Waals surface area (Å²) in [5.41, 5.74) is 0.848. The van der Waals surface area contributed by atoms with Crippen molar-refractivity contribution in [2.24, 2.45) is 5.92 Å². The Labute approximate surface area is 148 Å². The Morgan fingerprint density at radius 1 is 1.38 bits per heavy atom. The van der Waals surface area contributed by atoms with E-state index >= 15 is 0 Å². The lowest BCUT2D eigenvalue weighted by molar-refractivity contribution is 0.103. The van der Waals surface area contributed by atoms with Crippen LogP contribution >= 0.6 is 23.6 Å². The van der Waals surface area contributed by atoms with Crippen molar-refractivity contribution < 1.29 is 14.3 Å². The smallest absolute Gasteiger partial charge is 0.418 e. The van der Waals surface area contributed by atoms with Crippen molar-refractivity contribution in [2.45, 2.75) is 20.5 Å². The average Bonchev–Trinajstić information content (AvgIpc) is 2.96. The van der Waals surface area contributed by atoms with Gasteiger partial charge in [0.25, 0.3) is 0 Å². The third-order valence-electron chi connectivity index (χ3n) is 2.87. The van der Waals surface area contributed by atoms with E-state index in [0.29, 0.717) is 9.09 Å². The van der Waals surface area contributed by atoms with E-state index in [0.717, 1.165) is 21.8 Å². The van der Waals surface area contributed by atoms with Gasteiger partial charge in [0.05, 0.1) is 0 Å². The number of carbonyl (C=O) groups is 2. The Bertz CT molecular complexity index is 742. The molecule has 24 heavy (non-hydrogen) atoms. The number of aromatic nitrogens is 2. The Hall–Kier alpha value is -2.26.